The molecule has 23 heavy (non-hydrogen) atoms. The number of rotatable bonds is 4. The minimum Gasteiger partial charge on any atom is -0.459 e. The average molecular weight is 316 g/mol. The Hall–Kier alpha value is -2.63. The highest BCUT2D eigenvalue weighted by atomic mass is 16.5. The van der Waals surface area contributed by atoms with Crippen molar-refractivity contribution in [2.45, 2.75) is 25.9 Å². The highest BCUT2D eigenvalue weighted by molar-refractivity contribution is 5.82. The Morgan fingerprint density at radius 3 is 2.30 bits per heavy atom. The van der Waals surface area contributed by atoms with Crippen LogP contribution in [0.5, 0.6) is 0 Å². The zero-order chi connectivity index (χ0) is 17.2. The van der Waals surface area contributed by atoms with Crippen molar-refractivity contribution in [2.75, 3.05) is 0 Å². The molecule has 2 rings (SSSR count). The van der Waals surface area contributed by atoms with Crippen LogP contribution in [-0.2, 0) is 35.6 Å². The monoisotopic (exact) mass is 316 g/mol. The molecule has 0 bridgehead atoms. The third-order valence-electron chi connectivity index (χ3n) is 3.98. The Balaban J connectivity index is 2.20. The van der Waals surface area contributed by atoms with Gasteiger partial charge in [0.25, 0.3) is 5.56 Å². The molecule has 0 saturated heterocycles. The molecule has 0 amide bonds. The molecular formula is C17H20N2O4. The van der Waals surface area contributed by atoms with Gasteiger partial charge in [0.15, 0.2) is 0 Å². The molecule has 0 aliphatic carbocycles. The maximum absolute atomic E-state index is 12.4. The molecule has 122 valence electrons. The van der Waals surface area contributed by atoms with E-state index >= 15 is 0 Å². The van der Waals surface area contributed by atoms with Crippen LogP contribution in [0.1, 0.15) is 25.1 Å². The van der Waals surface area contributed by atoms with Gasteiger partial charge in [0, 0.05) is 20.2 Å². The Morgan fingerprint density at radius 2 is 1.70 bits per heavy atom. The molecule has 0 saturated carbocycles. The molecule has 0 atom stereocenters. The molecule has 6 nitrogen and oxygen atoms in total. The fourth-order valence-corrected chi connectivity index (χ4v) is 2.21. The quantitative estimate of drug-likeness (QED) is 0.792. The lowest BCUT2D eigenvalue weighted by Gasteiger charge is -2.23. The summed E-state index contributed by atoms with van der Waals surface area (Å²) in [4.78, 5) is 35.9. The van der Waals surface area contributed by atoms with Gasteiger partial charge in [0.05, 0.1) is 11.1 Å². The summed E-state index contributed by atoms with van der Waals surface area (Å²) in [6, 6.07) is 10.6. The van der Waals surface area contributed by atoms with Crippen molar-refractivity contribution >= 4 is 5.97 Å². The van der Waals surface area contributed by atoms with E-state index in [2.05, 4.69) is 0 Å². The van der Waals surface area contributed by atoms with Crippen LogP contribution in [0.15, 0.2) is 46.0 Å². The van der Waals surface area contributed by atoms with Gasteiger partial charge in [-0.1, -0.05) is 30.3 Å². The second-order valence-corrected chi connectivity index (χ2v) is 5.94. The lowest BCUT2D eigenvalue weighted by Crippen LogP contribution is -2.38. The van der Waals surface area contributed by atoms with E-state index in [0.29, 0.717) is 5.69 Å². The number of carbonyl (C=O) groups is 1. The van der Waals surface area contributed by atoms with Crippen LogP contribution in [0, 0.1) is 0 Å². The van der Waals surface area contributed by atoms with E-state index < -0.39 is 22.6 Å². The lowest BCUT2D eigenvalue weighted by molar-refractivity contribution is -0.151. The first-order chi connectivity index (χ1) is 10.7. The fourth-order valence-electron chi connectivity index (χ4n) is 2.21. The maximum Gasteiger partial charge on any atom is 0.330 e. The number of benzene rings is 1. The van der Waals surface area contributed by atoms with Crippen molar-refractivity contribution in [3.05, 3.63) is 68.5 Å². The average Bonchev–Trinajstić information content (AvgIpc) is 2.55. The van der Waals surface area contributed by atoms with Gasteiger partial charge < -0.3 is 4.74 Å². The van der Waals surface area contributed by atoms with Crippen molar-refractivity contribution in [1.82, 2.24) is 9.13 Å². The first kappa shape index (κ1) is 16.7. The summed E-state index contributed by atoms with van der Waals surface area (Å²) >= 11 is 0. The predicted molar refractivity (Wildman–Crippen MR) is 86.2 cm³/mol. The van der Waals surface area contributed by atoms with Crippen molar-refractivity contribution < 1.29 is 9.53 Å². The number of carbonyl (C=O) groups excluding carboxylic acids is 1. The SMILES string of the molecule is Cn1c(COC(=O)C(C)(C)c2ccccc2)cc(=O)n(C)c1=O. The maximum atomic E-state index is 12.4. The molecule has 0 aliphatic rings. The number of aromatic nitrogens is 2. The summed E-state index contributed by atoms with van der Waals surface area (Å²) in [7, 11) is 2.94. The van der Waals surface area contributed by atoms with E-state index in [1.165, 1.54) is 24.7 Å². The first-order valence-corrected chi connectivity index (χ1v) is 7.24. The third kappa shape index (κ3) is 3.26. The Labute approximate surface area is 134 Å². The number of esters is 1. The normalized spacial score (nSPS) is 11.3. The van der Waals surface area contributed by atoms with Gasteiger partial charge in [-0.2, -0.15) is 0 Å². The van der Waals surface area contributed by atoms with E-state index in [-0.39, 0.29) is 6.61 Å². The third-order valence-corrected chi connectivity index (χ3v) is 3.98. The van der Waals surface area contributed by atoms with Gasteiger partial charge in [0.2, 0.25) is 0 Å². The van der Waals surface area contributed by atoms with Gasteiger partial charge in [-0.15, -0.1) is 0 Å². The molecule has 2 aromatic rings. The second kappa shape index (κ2) is 6.24. The summed E-state index contributed by atoms with van der Waals surface area (Å²) in [5.74, 6) is -0.420. The summed E-state index contributed by atoms with van der Waals surface area (Å²) in [5.41, 5.74) is -0.509. The minimum atomic E-state index is -0.820. The summed E-state index contributed by atoms with van der Waals surface area (Å²) in [5, 5.41) is 0. The second-order valence-electron chi connectivity index (χ2n) is 5.94. The highest BCUT2D eigenvalue weighted by Gasteiger charge is 2.31. The van der Waals surface area contributed by atoms with Crippen LogP contribution in [-0.4, -0.2) is 15.1 Å². The summed E-state index contributed by atoms with van der Waals surface area (Å²) < 4.78 is 7.63. The molecule has 0 fully saturated rings. The van der Waals surface area contributed by atoms with E-state index in [0.717, 1.165) is 10.1 Å². The predicted octanol–water partition coefficient (Wildman–Crippen LogP) is 1.11. The molecule has 1 aromatic carbocycles. The van der Waals surface area contributed by atoms with E-state index in [9.17, 15) is 14.4 Å². The molecule has 0 spiro atoms. The van der Waals surface area contributed by atoms with Gasteiger partial charge >= 0.3 is 11.7 Å². The standard InChI is InChI=1S/C17H20N2O4/c1-17(2,12-8-6-5-7-9-12)15(21)23-11-13-10-14(20)19(4)16(22)18(13)3/h5-10H,11H2,1-4H3. The van der Waals surface area contributed by atoms with Gasteiger partial charge in [0.1, 0.15) is 6.61 Å². The summed E-state index contributed by atoms with van der Waals surface area (Å²) in [6.07, 6.45) is 0. The van der Waals surface area contributed by atoms with Crippen molar-refractivity contribution in [1.29, 1.82) is 0 Å². The topological polar surface area (TPSA) is 70.3 Å². The Kier molecular flexibility index (Phi) is 4.54. The van der Waals surface area contributed by atoms with Crippen molar-refractivity contribution in [2.24, 2.45) is 14.1 Å². The highest BCUT2D eigenvalue weighted by Crippen LogP contribution is 2.24. The van der Waals surface area contributed by atoms with Crippen molar-refractivity contribution in [3.8, 4) is 0 Å². The Morgan fingerprint density at radius 1 is 1.09 bits per heavy atom. The number of hydrogen-bond acceptors (Lipinski definition) is 4. The number of hydrogen-bond donors (Lipinski definition) is 0. The molecule has 0 N–H and O–H groups in total. The Bertz CT molecular complexity index is 832. The van der Waals surface area contributed by atoms with E-state index in [4.69, 9.17) is 4.74 Å². The molecule has 0 unspecified atom stereocenters. The molecular weight excluding hydrogens is 296 g/mol. The molecule has 1 aromatic heterocycles. The largest absolute Gasteiger partial charge is 0.459 e. The number of ether oxygens (including phenoxy) is 1. The molecule has 6 heteroatoms. The zero-order valence-corrected chi connectivity index (χ0v) is 13.7. The smallest absolute Gasteiger partial charge is 0.330 e. The van der Waals surface area contributed by atoms with Crippen LogP contribution < -0.4 is 11.2 Å². The number of nitrogens with zero attached hydrogens (tertiary/aromatic N) is 2. The fraction of sp³-hybridized carbons (Fsp3) is 0.353. The van der Waals surface area contributed by atoms with E-state index in [1.807, 2.05) is 30.3 Å². The van der Waals surface area contributed by atoms with Gasteiger partial charge in [-0.3, -0.25) is 18.7 Å². The molecule has 0 radical (unpaired) electrons. The summed E-state index contributed by atoms with van der Waals surface area (Å²) in [6.45, 7) is 3.42. The van der Waals surface area contributed by atoms with Crippen LogP contribution in [0.2, 0.25) is 0 Å². The van der Waals surface area contributed by atoms with Crippen LogP contribution in [0.25, 0.3) is 0 Å². The zero-order valence-electron chi connectivity index (χ0n) is 13.7. The van der Waals surface area contributed by atoms with E-state index in [1.54, 1.807) is 13.8 Å². The molecule has 1 heterocycles. The van der Waals surface area contributed by atoms with Crippen LogP contribution in [0.4, 0.5) is 0 Å². The van der Waals surface area contributed by atoms with Crippen LogP contribution >= 0.6 is 0 Å². The lowest BCUT2D eigenvalue weighted by atomic mass is 9.85. The molecule has 0 aliphatic heterocycles. The first-order valence-electron chi connectivity index (χ1n) is 7.24. The van der Waals surface area contributed by atoms with Crippen molar-refractivity contribution in [3.63, 3.8) is 0 Å². The minimum absolute atomic E-state index is 0.128. The van der Waals surface area contributed by atoms with Gasteiger partial charge in [-0.05, 0) is 19.4 Å². The van der Waals surface area contributed by atoms with Crippen LogP contribution in [0.3, 0.4) is 0 Å². The van der Waals surface area contributed by atoms with Gasteiger partial charge in [-0.25, -0.2) is 4.79 Å².